The fourth-order valence-electron chi connectivity index (χ4n) is 2.72. The molecular formula is C13H11F3N2O2. The molecule has 1 fully saturated rings. The molecule has 1 spiro atoms. The number of alkyl halides is 3. The van der Waals surface area contributed by atoms with E-state index in [-0.39, 0.29) is 11.6 Å². The first-order chi connectivity index (χ1) is 9.25. The van der Waals surface area contributed by atoms with Gasteiger partial charge in [0.1, 0.15) is 0 Å². The van der Waals surface area contributed by atoms with Gasteiger partial charge in [-0.1, -0.05) is 0 Å². The summed E-state index contributed by atoms with van der Waals surface area (Å²) in [6, 6.07) is 2.90. The van der Waals surface area contributed by atoms with Gasteiger partial charge in [-0.2, -0.15) is 13.2 Å². The normalized spacial score (nSPS) is 18.7. The van der Waals surface area contributed by atoms with Gasteiger partial charge in [-0.05, 0) is 43.0 Å². The molecule has 0 radical (unpaired) electrons. The summed E-state index contributed by atoms with van der Waals surface area (Å²) in [7, 11) is 0. The van der Waals surface area contributed by atoms with Crippen molar-refractivity contribution in [2.45, 2.75) is 31.4 Å². The monoisotopic (exact) mass is 284 g/mol. The Morgan fingerprint density at radius 1 is 1.35 bits per heavy atom. The Labute approximate surface area is 112 Å². The third-order valence-electron chi connectivity index (χ3n) is 3.88. The number of fused-ring (bicyclic) bond motifs is 2. The predicted molar refractivity (Wildman–Crippen MR) is 65.4 cm³/mol. The highest BCUT2D eigenvalue weighted by Gasteiger charge is 2.57. The summed E-state index contributed by atoms with van der Waals surface area (Å²) in [5, 5.41) is 4.59. The van der Waals surface area contributed by atoms with Crippen molar-refractivity contribution in [2.24, 2.45) is 0 Å². The van der Waals surface area contributed by atoms with E-state index < -0.39 is 17.5 Å². The van der Waals surface area contributed by atoms with Crippen LogP contribution in [0.15, 0.2) is 12.1 Å². The fourth-order valence-corrected chi connectivity index (χ4v) is 2.72. The van der Waals surface area contributed by atoms with Gasteiger partial charge in [0.2, 0.25) is 5.91 Å². The molecule has 0 atom stereocenters. The van der Waals surface area contributed by atoms with E-state index in [1.165, 1.54) is 12.1 Å². The Morgan fingerprint density at radius 2 is 2.00 bits per heavy atom. The third kappa shape index (κ3) is 1.69. The van der Waals surface area contributed by atoms with E-state index in [1.807, 2.05) is 5.32 Å². The van der Waals surface area contributed by atoms with Gasteiger partial charge in [0.25, 0.3) is 0 Å². The van der Waals surface area contributed by atoms with Gasteiger partial charge in [0, 0.05) is 11.4 Å². The van der Waals surface area contributed by atoms with Crippen molar-refractivity contribution in [2.75, 3.05) is 10.6 Å². The lowest BCUT2D eigenvalue weighted by Crippen LogP contribution is -2.30. The quantitative estimate of drug-likeness (QED) is 0.832. The van der Waals surface area contributed by atoms with Crippen molar-refractivity contribution < 1.29 is 22.8 Å². The number of rotatable bonds is 1. The molecule has 2 N–H and O–H groups in total. The molecule has 7 heteroatoms. The zero-order chi connectivity index (χ0) is 14.7. The maximum absolute atomic E-state index is 12.3. The summed E-state index contributed by atoms with van der Waals surface area (Å²) in [5.74, 6) is -2.13. The van der Waals surface area contributed by atoms with Crippen molar-refractivity contribution in [1.82, 2.24) is 0 Å². The van der Waals surface area contributed by atoms with Crippen LogP contribution < -0.4 is 10.6 Å². The lowest BCUT2D eigenvalue weighted by molar-refractivity contribution is -0.167. The average Bonchev–Trinajstić information content (AvgIpc) is 3.06. The molecule has 1 saturated carbocycles. The zero-order valence-corrected chi connectivity index (χ0v) is 10.5. The molecule has 0 aromatic heterocycles. The Morgan fingerprint density at radius 3 is 2.55 bits per heavy atom. The van der Waals surface area contributed by atoms with Crippen LogP contribution in [-0.2, 0) is 15.0 Å². The number of anilines is 2. The Bertz CT molecular complexity index is 633. The van der Waals surface area contributed by atoms with Crippen LogP contribution in [0.3, 0.4) is 0 Å². The number of carbonyl (C=O) groups excluding carboxylic acids is 2. The minimum absolute atomic E-state index is 0.0915. The lowest BCUT2D eigenvalue weighted by Gasteiger charge is -2.15. The second kappa shape index (κ2) is 3.74. The minimum Gasteiger partial charge on any atom is -0.325 e. The second-order valence-electron chi connectivity index (χ2n) is 5.15. The van der Waals surface area contributed by atoms with Crippen molar-refractivity contribution in [3.8, 4) is 0 Å². The topological polar surface area (TPSA) is 58.2 Å². The summed E-state index contributed by atoms with van der Waals surface area (Å²) >= 11 is 0. The molecule has 1 aromatic carbocycles. The Balaban J connectivity index is 1.99. The SMILES string of the molecule is Cc1c(NC(=O)C(F)(F)F)ccc2c1C1(CC1)C(=O)N2. The molecular weight excluding hydrogens is 273 g/mol. The lowest BCUT2D eigenvalue weighted by atomic mass is 9.92. The molecule has 20 heavy (non-hydrogen) atoms. The summed E-state index contributed by atoms with van der Waals surface area (Å²) < 4.78 is 36.9. The molecule has 1 aromatic rings. The van der Waals surface area contributed by atoms with E-state index >= 15 is 0 Å². The highest BCUT2D eigenvalue weighted by molar-refractivity contribution is 6.09. The van der Waals surface area contributed by atoms with Gasteiger partial charge in [-0.3, -0.25) is 9.59 Å². The first kappa shape index (κ1) is 13.0. The molecule has 106 valence electrons. The summed E-state index contributed by atoms with van der Waals surface area (Å²) in [5.41, 5.74) is 1.33. The number of amides is 2. The largest absolute Gasteiger partial charge is 0.471 e. The van der Waals surface area contributed by atoms with E-state index in [9.17, 15) is 22.8 Å². The number of halogens is 3. The standard InChI is InChI=1S/C13H11F3N2O2/c1-6-7(17-11(20)13(14,15)16)2-3-8-9(6)12(4-5-12)10(19)18-8/h2-3H,4-5H2,1H3,(H,17,20)(H,18,19). The molecule has 4 nitrogen and oxygen atoms in total. The molecule has 1 aliphatic carbocycles. The third-order valence-corrected chi connectivity index (χ3v) is 3.88. The summed E-state index contributed by atoms with van der Waals surface area (Å²) in [6.07, 6.45) is -3.57. The Hall–Kier alpha value is -2.05. The molecule has 0 bridgehead atoms. The van der Waals surface area contributed by atoms with Gasteiger partial charge in [-0.15, -0.1) is 0 Å². The van der Waals surface area contributed by atoms with Crippen molar-refractivity contribution in [3.63, 3.8) is 0 Å². The van der Waals surface area contributed by atoms with Crippen molar-refractivity contribution >= 4 is 23.2 Å². The number of hydrogen-bond donors (Lipinski definition) is 2. The zero-order valence-electron chi connectivity index (χ0n) is 10.5. The molecule has 1 heterocycles. The van der Waals surface area contributed by atoms with Crippen LogP contribution in [0.5, 0.6) is 0 Å². The first-order valence-electron chi connectivity index (χ1n) is 6.09. The molecule has 1 aliphatic heterocycles. The molecule has 0 unspecified atom stereocenters. The van der Waals surface area contributed by atoms with Crippen LogP contribution in [0, 0.1) is 6.92 Å². The molecule has 3 rings (SSSR count). The number of nitrogens with one attached hydrogen (secondary N) is 2. The fraction of sp³-hybridized carbons (Fsp3) is 0.385. The van der Waals surface area contributed by atoms with Gasteiger partial charge in [0.15, 0.2) is 0 Å². The first-order valence-corrected chi connectivity index (χ1v) is 6.09. The highest BCUT2D eigenvalue weighted by Crippen LogP contribution is 2.57. The van der Waals surface area contributed by atoms with E-state index in [0.29, 0.717) is 29.7 Å². The van der Waals surface area contributed by atoms with E-state index in [1.54, 1.807) is 6.92 Å². The second-order valence-corrected chi connectivity index (χ2v) is 5.15. The van der Waals surface area contributed by atoms with Crippen molar-refractivity contribution in [1.29, 1.82) is 0 Å². The van der Waals surface area contributed by atoms with Gasteiger partial charge in [0.05, 0.1) is 5.41 Å². The van der Waals surface area contributed by atoms with E-state index in [0.717, 1.165) is 0 Å². The van der Waals surface area contributed by atoms with Crippen LogP contribution in [0.25, 0.3) is 0 Å². The predicted octanol–water partition coefficient (Wildman–Crippen LogP) is 2.48. The van der Waals surface area contributed by atoms with Crippen LogP contribution in [0.4, 0.5) is 24.5 Å². The van der Waals surface area contributed by atoms with Gasteiger partial charge < -0.3 is 10.6 Å². The maximum atomic E-state index is 12.3. The minimum atomic E-state index is -4.93. The van der Waals surface area contributed by atoms with Crippen LogP contribution >= 0.6 is 0 Å². The van der Waals surface area contributed by atoms with Crippen molar-refractivity contribution in [3.05, 3.63) is 23.3 Å². The van der Waals surface area contributed by atoms with E-state index in [2.05, 4.69) is 5.32 Å². The number of hydrogen-bond acceptors (Lipinski definition) is 2. The van der Waals surface area contributed by atoms with Crippen LogP contribution in [0.1, 0.15) is 24.0 Å². The average molecular weight is 284 g/mol. The maximum Gasteiger partial charge on any atom is 0.471 e. The van der Waals surface area contributed by atoms with Gasteiger partial charge in [-0.25, -0.2) is 0 Å². The summed E-state index contributed by atoms with van der Waals surface area (Å²) in [6.45, 7) is 1.62. The molecule has 2 aliphatic rings. The van der Waals surface area contributed by atoms with E-state index in [4.69, 9.17) is 0 Å². The Kier molecular flexibility index (Phi) is 2.42. The molecule has 2 amide bonds. The highest BCUT2D eigenvalue weighted by atomic mass is 19.4. The smallest absolute Gasteiger partial charge is 0.325 e. The number of benzene rings is 1. The number of carbonyl (C=O) groups is 2. The van der Waals surface area contributed by atoms with Crippen LogP contribution in [-0.4, -0.2) is 18.0 Å². The molecule has 0 saturated heterocycles. The summed E-state index contributed by atoms with van der Waals surface area (Å²) in [4.78, 5) is 22.9. The van der Waals surface area contributed by atoms with Gasteiger partial charge >= 0.3 is 12.1 Å². The van der Waals surface area contributed by atoms with Crippen LogP contribution in [0.2, 0.25) is 0 Å².